The maximum absolute atomic E-state index is 8.97. The van der Waals surface area contributed by atoms with Gasteiger partial charge in [0, 0.05) is 63.3 Å². The third kappa shape index (κ3) is 8.40. The van der Waals surface area contributed by atoms with Crippen LogP contribution >= 0.6 is 0 Å². The molecule has 15 rings (SSSR count). The van der Waals surface area contributed by atoms with Crippen LogP contribution in [0.1, 0.15) is 72.0 Å². The van der Waals surface area contributed by atoms with Crippen molar-refractivity contribution in [1.82, 2.24) is 18.7 Å². The molecule has 1 aliphatic heterocycles. The summed E-state index contributed by atoms with van der Waals surface area (Å²) in [6, 6.07) is 76.5. The Bertz CT molecular complexity index is 5120. The SMILES string of the molecule is [2H]C([2H])([2H])c1cccc(C([2H])([2H])[2H])c1-c1cc2c(c(-n3c4ccccc4c4ccccc43)c1)-[n+]1[c-]n(-c3[c-]c(Oc4[c-]c5c(cc4)c4ccccc4n5-c4cc(C(C)(C)C)ccn4)ccc3)c3cc(C(C)(C)C)cc(c31)-c1ccccc1-c1ccccc1-2.[Pt]. The number of rotatable bonds is 6. The van der Waals surface area contributed by atoms with E-state index in [0.717, 1.165) is 105 Å². The van der Waals surface area contributed by atoms with Crippen molar-refractivity contribution in [2.24, 2.45) is 0 Å². The second-order valence-electron chi connectivity index (χ2n) is 23.6. The number of aromatic nitrogens is 5. The van der Waals surface area contributed by atoms with Crippen LogP contribution in [0.5, 0.6) is 11.5 Å². The van der Waals surface area contributed by atoms with E-state index in [4.69, 9.17) is 17.9 Å². The van der Waals surface area contributed by atoms with Gasteiger partial charge >= 0.3 is 0 Å². The normalized spacial score (nSPS) is 13.6. The van der Waals surface area contributed by atoms with Gasteiger partial charge in [0.15, 0.2) is 0 Å². The van der Waals surface area contributed by atoms with Gasteiger partial charge < -0.3 is 18.4 Å². The van der Waals surface area contributed by atoms with Crippen molar-refractivity contribution >= 4 is 54.6 Å². The predicted octanol–water partition coefficient (Wildman–Crippen LogP) is 18.9. The largest absolute Gasteiger partial charge is 0.510 e. The maximum Gasteiger partial charge on any atom is 0.268 e. The Morgan fingerprint density at radius 1 is 0.482 bits per heavy atom. The molecule has 0 atom stereocenters. The van der Waals surface area contributed by atoms with E-state index in [-0.39, 0.29) is 48.6 Å². The van der Waals surface area contributed by atoms with Crippen LogP contribution in [0.2, 0.25) is 0 Å². The molecule has 406 valence electrons. The monoisotopic (exact) mass is 1260 g/mol. The first-order chi connectivity index (χ1) is 42.2. The van der Waals surface area contributed by atoms with Gasteiger partial charge in [-0.3, -0.25) is 4.57 Å². The molecule has 0 radical (unpaired) electrons. The summed E-state index contributed by atoms with van der Waals surface area (Å²) in [5.74, 6) is 1.76. The molecule has 0 amide bonds. The predicted molar refractivity (Wildman–Crippen MR) is 336 cm³/mol. The number of hydrogen-bond donors (Lipinski definition) is 0. The molecule has 7 heteroatoms. The quantitative estimate of drug-likeness (QED) is 0.123. The van der Waals surface area contributed by atoms with Gasteiger partial charge in [-0.15, -0.1) is 29.7 Å². The van der Waals surface area contributed by atoms with Crippen LogP contribution < -0.4 is 9.30 Å². The molecule has 0 fully saturated rings. The first kappa shape index (κ1) is 45.5. The van der Waals surface area contributed by atoms with Crippen molar-refractivity contribution in [2.45, 2.75) is 66.1 Å². The molecule has 0 saturated carbocycles. The van der Waals surface area contributed by atoms with Crippen LogP contribution in [-0.4, -0.2) is 18.7 Å². The summed E-state index contributed by atoms with van der Waals surface area (Å²) >= 11 is 0. The first-order valence-electron chi connectivity index (χ1n) is 30.9. The van der Waals surface area contributed by atoms with Crippen LogP contribution in [-0.2, 0) is 31.9 Å². The van der Waals surface area contributed by atoms with Gasteiger partial charge in [-0.2, -0.15) is 18.2 Å². The van der Waals surface area contributed by atoms with Crippen molar-refractivity contribution < 1.29 is 38.6 Å². The van der Waals surface area contributed by atoms with Crippen LogP contribution in [0.15, 0.2) is 212 Å². The molecule has 83 heavy (non-hydrogen) atoms. The zero-order chi connectivity index (χ0) is 60.8. The number of para-hydroxylation sites is 3. The van der Waals surface area contributed by atoms with E-state index in [9.17, 15) is 0 Å². The van der Waals surface area contributed by atoms with E-state index in [1.165, 1.54) is 23.8 Å². The summed E-state index contributed by atoms with van der Waals surface area (Å²) in [5, 5.41) is 4.14. The van der Waals surface area contributed by atoms with E-state index < -0.39 is 13.7 Å². The van der Waals surface area contributed by atoms with E-state index in [2.05, 4.69) is 187 Å². The van der Waals surface area contributed by atoms with Crippen LogP contribution in [0.3, 0.4) is 0 Å². The average molecular weight is 1260 g/mol. The zero-order valence-electron chi connectivity index (χ0n) is 52.7. The van der Waals surface area contributed by atoms with Crippen LogP contribution in [0.25, 0.3) is 122 Å². The number of fused-ring (bicyclic) bond motifs is 13. The van der Waals surface area contributed by atoms with Crippen molar-refractivity contribution in [1.29, 1.82) is 0 Å². The minimum absolute atomic E-state index is 0. The number of nitrogens with zero attached hydrogens (tertiary/aromatic N) is 5. The second kappa shape index (κ2) is 19.5. The van der Waals surface area contributed by atoms with Crippen LogP contribution in [0.4, 0.5) is 0 Å². The van der Waals surface area contributed by atoms with E-state index in [1.54, 1.807) is 0 Å². The van der Waals surface area contributed by atoms with E-state index >= 15 is 0 Å². The minimum Gasteiger partial charge on any atom is -0.510 e. The van der Waals surface area contributed by atoms with E-state index in [1.807, 2.05) is 85.1 Å². The number of hydrogen-bond acceptors (Lipinski definition) is 2. The Labute approximate surface area is 507 Å². The van der Waals surface area contributed by atoms with Crippen molar-refractivity contribution in [2.75, 3.05) is 0 Å². The van der Waals surface area contributed by atoms with Crippen molar-refractivity contribution in [3.8, 4) is 78.9 Å². The molecule has 0 unspecified atom stereocenters. The maximum atomic E-state index is 8.97. The fraction of sp³-hybridized carbons (Fsp3) is 0.132. The van der Waals surface area contributed by atoms with Gasteiger partial charge in [0.25, 0.3) is 6.33 Å². The summed E-state index contributed by atoms with van der Waals surface area (Å²) < 4.78 is 69.3. The molecular formula is C76H59N5OPt-2. The summed E-state index contributed by atoms with van der Waals surface area (Å²) in [4.78, 5) is 4.91. The molecule has 6 nitrogen and oxygen atoms in total. The second-order valence-corrected chi connectivity index (χ2v) is 23.6. The number of ether oxygens (including phenoxy) is 1. The summed E-state index contributed by atoms with van der Waals surface area (Å²) in [6.07, 6.45) is 5.85. The fourth-order valence-electron chi connectivity index (χ4n) is 12.5. The molecule has 0 N–H and O–H groups in total. The third-order valence-corrected chi connectivity index (χ3v) is 16.4. The van der Waals surface area contributed by atoms with Gasteiger partial charge in [-0.1, -0.05) is 174 Å². The number of imidazole rings is 1. The fourth-order valence-corrected chi connectivity index (χ4v) is 12.5. The Kier molecular flexibility index (Phi) is 10.7. The molecule has 4 aromatic heterocycles. The Balaban J connectivity index is 0.00000694. The molecule has 0 saturated heterocycles. The van der Waals surface area contributed by atoms with Crippen LogP contribution in [0, 0.1) is 32.2 Å². The van der Waals surface area contributed by atoms with Gasteiger partial charge in [-0.25, -0.2) is 4.98 Å². The van der Waals surface area contributed by atoms with E-state index in [0.29, 0.717) is 28.4 Å². The zero-order valence-corrected chi connectivity index (χ0v) is 48.9. The van der Waals surface area contributed by atoms with Gasteiger partial charge in [0.2, 0.25) is 0 Å². The Hall–Kier alpha value is -9.09. The molecule has 0 spiro atoms. The third-order valence-electron chi connectivity index (χ3n) is 16.4. The standard InChI is InChI=1S/C76H59N5O.Pt/c1-47-21-19-22-48(2)72(47)49-39-63-57-27-11-9-25-55(57)56-26-10-12-28-58(56)64-41-51(76(6,7)8)42-69-73(64)79(74(63)70(40-49)80-65-32-16-13-29-59(65)60-30-14-17-33-66(60)80)46-78(69)52-23-20-24-53(44-52)82-54-35-36-62-61-31-15-18-34-67(61)81(68(62)45-54)71-43-50(37-38-77-71)75(3,4)5;/h9-43H,1-8H3;/q-2;/i1D3,2D3;. The smallest absolute Gasteiger partial charge is 0.268 e. The molecule has 14 aromatic rings. The number of aryl methyl sites for hydroxylation is 2. The molecule has 5 heterocycles. The Morgan fingerprint density at radius 3 is 1.69 bits per heavy atom. The molecule has 0 aliphatic carbocycles. The number of pyridine rings is 1. The topological polar surface area (TPSA) is 40.8 Å². The minimum atomic E-state index is -2.67. The summed E-state index contributed by atoms with van der Waals surface area (Å²) in [6.45, 7) is 7.97. The van der Waals surface area contributed by atoms with Gasteiger partial charge in [0.1, 0.15) is 5.82 Å². The Morgan fingerprint density at radius 2 is 1.05 bits per heavy atom. The summed E-state index contributed by atoms with van der Waals surface area (Å²) in [7, 11) is 0. The molecule has 10 aromatic carbocycles. The van der Waals surface area contributed by atoms with Crippen molar-refractivity contribution in [3.63, 3.8) is 0 Å². The molecule has 1 aliphatic rings. The van der Waals surface area contributed by atoms with Gasteiger partial charge in [-0.05, 0) is 151 Å². The molecular weight excluding hydrogens is 1190 g/mol. The number of benzene rings is 10. The average Bonchev–Trinajstić information content (AvgIpc) is 1.75. The molecule has 0 bridgehead atoms. The summed E-state index contributed by atoms with van der Waals surface area (Å²) in [5.41, 5.74) is 15.3. The van der Waals surface area contributed by atoms with Gasteiger partial charge in [0.05, 0.1) is 33.4 Å². The first-order valence-corrected chi connectivity index (χ1v) is 27.9. The van der Waals surface area contributed by atoms with Crippen molar-refractivity contribution in [3.05, 3.63) is 253 Å².